The summed E-state index contributed by atoms with van der Waals surface area (Å²) in [5, 5.41) is 4.21. The van der Waals surface area contributed by atoms with Gasteiger partial charge in [-0.3, -0.25) is 14.4 Å². The summed E-state index contributed by atoms with van der Waals surface area (Å²) in [7, 11) is 1.93. The van der Waals surface area contributed by atoms with Crippen LogP contribution in [0.15, 0.2) is 12.4 Å². The lowest BCUT2D eigenvalue weighted by atomic mass is 10.2. The first-order chi connectivity index (χ1) is 10.6. The van der Waals surface area contributed by atoms with E-state index in [0.717, 1.165) is 51.3 Å². The van der Waals surface area contributed by atoms with Crippen molar-refractivity contribution in [2.75, 3.05) is 38.2 Å². The molecule has 1 fully saturated rings. The van der Waals surface area contributed by atoms with Crippen molar-refractivity contribution >= 4 is 17.7 Å². The Morgan fingerprint density at radius 1 is 1.41 bits per heavy atom. The van der Waals surface area contributed by atoms with E-state index in [1.165, 1.54) is 5.56 Å². The van der Waals surface area contributed by atoms with E-state index in [9.17, 15) is 4.79 Å². The normalized spacial score (nSPS) is 18.2. The van der Waals surface area contributed by atoms with Gasteiger partial charge in [-0.05, 0) is 24.9 Å². The molecule has 1 aliphatic rings. The Morgan fingerprint density at radius 3 is 2.91 bits per heavy atom. The molecule has 2 N–H and O–H groups in total. The van der Waals surface area contributed by atoms with Gasteiger partial charge in [0.15, 0.2) is 0 Å². The predicted octanol–water partition coefficient (Wildman–Crippen LogP) is 0.535. The Morgan fingerprint density at radius 2 is 2.23 bits per heavy atom. The van der Waals surface area contributed by atoms with E-state index in [0.29, 0.717) is 0 Å². The molecule has 0 bridgehead atoms. The summed E-state index contributed by atoms with van der Waals surface area (Å²) in [5.41, 5.74) is 7.24. The van der Waals surface area contributed by atoms with Gasteiger partial charge in [0.05, 0.1) is 12.2 Å². The quantitative estimate of drug-likeness (QED) is 0.827. The number of thioether (sulfide) groups is 1. The number of hydrogen-bond acceptors (Lipinski definition) is 5. The molecule has 22 heavy (non-hydrogen) atoms. The van der Waals surface area contributed by atoms with Crippen molar-refractivity contribution in [2.24, 2.45) is 12.8 Å². The second-order valence-corrected chi connectivity index (χ2v) is 6.85. The number of nitrogens with zero attached hydrogens (tertiary/aromatic N) is 4. The van der Waals surface area contributed by atoms with Crippen LogP contribution in [0, 0.1) is 0 Å². The van der Waals surface area contributed by atoms with Gasteiger partial charge in [0.2, 0.25) is 5.91 Å². The summed E-state index contributed by atoms with van der Waals surface area (Å²) in [6.07, 6.45) is 7.76. The monoisotopic (exact) mass is 325 g/mol. The maximum Gasteiger partial charge on any atom is 0.239 e. The first-order valence-electron chi connectivity index (χ1n) is 7.83. The first kappa shape index (κ1) is 17.3. The average Bonchev–Trinajstić information content (AvgIpc) is 2.78. The fourth-order valence-electron chi connectivity index (χ4n) is 2.76. The van der Waals surface area contributed by atoms with E-state index in [-0.39, 0.29) is 11.9 Å². The second kappa shape index (κ2) is 8.55. The molecular formula is C15H27N5OS. The molecule has 124 valence electrons. The van der Waals surface area contributed by atoms with Gasteiger partial charge in [-0.25, -0.2) is 0 Å². The van der Waals surface area contributed by atoms with E-state index in [1.54, 1.807) is 11.8 Å². The van der Waals surface area contributed by atoms with E-state index in [2.05, 4.69) is 10.00 Å². The van der Waals surface area contributed by atoms with Crippen LogP contribution in [0.5, 0.6) is 0 Å². The number of amides is 1. The van der Waals surface area contributed by atoms with Gasteiger partial charge >= 0.3 is 0 Å². The van der Waals surface area contributed by atoms with Gasteiger partial charge in [0, 0.05) is 51.5 Å². The molecule has 6 nitrogen and oxygen atoms in total. The molecule has 0 unspecified atom stereocenters. The van der Waals surface area contributed by atoms with Gasteiger partial charge in [-0.2, -0.15) is 16.9 Å². The molecule has 0 saturated carbocycles. The lowest BCUT2D eigenvalue weighted by Crippen LogP contribution is -2.45. The minimum atomic E-state index is -0.350. The molecule has 1 saturated heterocycles. The lowest BCUT2D eigenvalue weighted by Gasteiger charge is -2.24. The first-order valence-corrected chi connectivity index (χ1v) is 9.22. The summed E-state index contributed by atoms with van der Waals surface area (Å²) in [5.74, 6) is 1.05. The fraction of sp³-hybridized carbons (Fsp3) is 0.733. The Hall–Kier alpha value is -1.05. The third-order valence-corrected chi connectivity index (χ3v) is 4.66. The van der Waals surface area contributed by atoms with Crippen molar-refractivity contribution in [1.82, 2.24) is 19.6 Å². The average molecular weight is 325 g/mol. The second-order valence-electron chi connectivity index (χ2n) is 5.87. The van der Waals surface area contributed by atoms with Gasteiger partial charge < -0.3 is 10.6 Å². The van der Waals surface area contributed by atoms with Crippen molar-refractivity contribution in [3.05, 3.63) is 18.0 Å². The van der Waals surface area contributed by atoms with Gasteiger partial charge in [0.1, 0.15) is 0 Å². The van der Waals surface area contributed by atoms with Gasteiger partial charge in [0.25, 0.3) is 0 Å². The molecular weight excluding hydrogens is 298 g/mol. The zero-order valence-corrected chi connectivity index (χ0v) is 14.4. The van der Waals surface area contributed by atoms with Crippen LogP contribution in [0.1, 0.15) is 18.4 Å². The zero-order chi connectivity index (χ0) is 15.9. The van der Waals surface area contributed by atoms with Crippen LogP contribution in [0.25, 0.3) is 0 Å². The number of aryl methyl sites for hydroxylation is 1. The lowest BCUT2D eigenvalue weighted by molar-refractivity contribution is -0.132. The van der Waals surface area contributed by atoms with Crippen molar-refractivity contribution in [1.29, 1.82) is 0 Å². The number of rotatable bonds is 6. The van der Waals surface area contributed by atoms with Crippen molar-refractivity contribution in [3.63, 3.8) is 0 Å². The molecule has 1 atom stereocenters. The van der Waals surface area contributed by atoms with E-state index >= 15 is 0 Å². The summed E-state index contributed by atoms with van der Waals surface area (Å²) in [6, 6.07) is -0.350. The molecule has 2 rings (SSSR count). The van der Waals surface area contributed by atoms with Crippen molar-refractivity contribution < 1.29 is 4.79 Å². The molecule has 1 aliphatic heterocycles. The number of carbonyl (C=O) groups is 1. The van der Waals surface area contributed by atoms with Crippen molar-refractivity contribution in [3.8, 4) is 0 Å². The van der Waals surface area contributed by atoms with Crippen LogP contribution >= 0.6 is 11.8 Å². The number of aromatic nitrogens is 2. The van der Waals surface area contributed by atoms with Crippen LogP contribution in [-0.4, -0.2) is 69.7 Å². The third kappa shape index (κ3) is 5.00. The summed E-state index contributed by atoms with van der Waals surface area (Å²) < 4.78 is 1.83. The Kier molecular flexibility index (Phi) is 6.72. The molecule has 1 aromatic rings. The molecule has 2 heterocycles. The van der Waals surface area contributed by atoms with Crippen LogP contribution in [0.2, 0.25) is 0 Å². The smallest absolute Gasteiger partial charge is 0.239 e. The standard InChI is InChI=1S/C15H27N5OS/c1-18-11-13(10-17-18)12-19-5-3-6-20(8-7-19)15(21)14(16)4-9-22-2/h10-11,14H,3-9,12,16H2,1-2H3/t14-/m0/s1. The van der Waals surface area contributed by atoms with E-state index < -0.39 is 0 Å². The minimum Gasteiger partial charge on any atom is -0.340 e. The van der Waals surface area contributed by atoms with Crippen LogP contribution in [0.4, 0.5) is 0 Å². The number of carbonyl (C=O) groups excluding carboxylic acids is 1. The Balaban J connectivity index is 1.82. The van der Waals surface area contributed by atoms with E-state index in [1.807, 2.05) is 35.3 Å². The summed E-state index contributed by atoms with van der Waals surface area (Å²) >= 11 is 1.73. The SMILES string of the molecule is CSCC[C@H](N)C(=O)N1CCCN(Cc2cnn(C)c2)CC1. The minimum absolute atomic E-state index is 0.109. The fourth-order valence-corrected chi connectivity index (χ4v) is 3.25. The molecule has 0 aliphatic carbocycles. The van der Waals surface area contributed by atoms with Gasteiger partial charge in [-0.1, -0.05) is 0 Å². The zero-order valence-electron chi connectivity index (χ0n) is 13.6. The third-order valence-electron chi connectivity index (χ3n) is 4.01. The molecule has 0 aromatic carbocycles. The Labute approximate surface area is 137 Å². The summed E-state index contributed by atoms with van der Waals surface area (Å²) in [4.78, 5) is 16.7. The molecule has 0 radical (unpaired) electrons. The van der Waals surface area contributed by atoms with Crippen LogP contribution in [-0.2, 0) is 18.4 Å². The van der Waals surface area contributed by atoms with Crippen LogP contribution in [0.3, 0.4) is 0 Å². The number of nitrogens with two attached hydrogens (primary N) is 1. The highest BCUT2D eigenvalue weighted by Crippen LogP contribution is 2.10. The highest BCUT2D eigenvalue weighted by Gasteiger charge is 2.23. The summed E-state index contributed by atoms with van der Waals surface area (Å²) in [6.45, 7) is 4.39. The molecule has 1 amide bonds. The maximum atomic E-state index is 12.4. The number of hydrogen-bond donors (Lipinski definition) is 1. The largest absolute Gasteiger partial charge is 0.340 e. The van der Waals surface area contributed by atoms with Gasteiger partial charge in [-0.15, -0.1) is 0 Å². The molecule has 1 aromatic heterocycles. The van der Waals surface area contributed by atoms with Crippen molar-refractivity contribution in [2.45, 2.75) is 25.4 Å². The highest BCUT2D eigenvalue weighted by molar-refractivity contribution is 7.98. The Bertz CT molecular complexity index is 478. The highest BCUT2D eigenvalue weighted by atomic mass is 32.2. The molecule has 7 heteroatoms. The topological polar surface area (TPSA) is 67.4 Å². The predicted molar refractivity (Wildman–Crippen MR) is 90.7 cm³/mol. The van der Waals surface area contributed by atoms with E-state index in [4.69, 9.17) is 5.73 Å². The maximum absolute atomic E-state index is 12.4. The van der Waals surface area contributed by atoms with Crippen LogP contribution < -0.4 is 5.73 Å². The molecule has 0 spiro atoms.